The Labute approximate surface area is 119 Å². The summed E-state index contributed by atoms with van der Waals surface area (Å²) in [5.41, 5.74) is 1.11. The Morgan fingerprint density at radius 2 is 1.90 bits per heavy atom. The molecular formula is C15H20FNO2S. The highest BCUT2D eigenvalue weighted by Crippen LogP contribution is 2.41. The van der Waals surface area contributed by atoms with Gasteiger partial charge in [0.15, 0.2) is 9.84 Å². The third-order valence-corrected chi connectivity index (χ3v) is 6.11. The van der Waals surface area contributed by atoms with Crippen molar-refractivity contribution in [3.8, 4) is 0 Å². The fourth-order valence-electron chi connectivity index (χ4n) is 2.98. The average Bonchev–Trinajstić information content (AvgIpc) is 3.17. The number of hydrogen-bond donors (Lipinski definition) is 1. The van der Waals surface area contributed by atoms with Crippen LogP contribution in [0.25, 0.3) is 0 Å². The van der Waals surface area contributed by atoms with Gasteiger partial charge in [-0.05, 0) is 55.3 Å². The smallest absolute Gasteiger partial charge is 0.150 e. The summed E-state index contributed by atoms with van der Waals surface area (Å²) < 4.78 is 35.9. The number of hydrogen-bond acceptors (Lipinski definition) is 3. The summed E-state index contributed by atoms with van der Waals surface area (Å²) in [4.78, 5) is 0. The number of halogens is 1. The Balaban J connectivity index is 1.62. The van der Waals surface area contributed by atoms with Crippen molar-refractivity contribution in [2.75, 3.05) is 18.1 Å². The van der Waals surface area contributed by atoms with E-state index < -0.39 is 9.84 Å². The molecule has 1 heterocycles. The highest BCUT2D eigenvalue weighted by Gasteiger charge is 2.34. The Bertz CT molecular complexity index is 566. The molecule has 2 aliphatic rings. The SMILES string of the molecule is O=S1(=O)CCC(CNC(c2ccc(F)cc2)C2CC2)C1. The van der Waals surface area contributed by atoms with E-state index in [4.69, 9.17) is 0 Å². The van der Waals surface area contributed by atoms with Crippen molar-refractivity contribution >= 4 is 9.84 Å². The molecule has 110 valence electrons. The zero-order valence-corrected chi connectivity index (χ0v) is 12.2. The van der Waals surface area contributed by atoms with Crippen LogP contribution in [0, 0.1) is 17.7 Å². The molecular weight excluding hydrogens is 277 g/mol. The molecule has 20 heavy (non-hydrogen) atoms. The van der Waals surface area contributed by atoms with E-state index in [1.165, 1.54) is 25.0 Å². The van der Waals surface area contributed by atoms with Crippen LogP contribution in [0.1, 0.15) is 30.9 Å². The Kier molecular flexibility index (Phi) is 3.82. The van der Waals surface area contributed by atoms with E-state index in [0.717, 1.165) is 18.5 Å². The minimum Gasteiger partial charge on any atom is -0.309 e. The summed E-state index contributed by atoms with van der Waals surface area (Å²) in [5.74, 6) is 1.25. The standard InChI is InChI=1S/C15H20FNO2S/c16-14-5-3-13(4-6-14)15(12-1-2-12)17-9-11-7-8-20(18,19)10-11/h3-6,11-12,15,17H,1-2,7-10H2. The van der Waals surface area contributed by atoms with Crippen molar-refractivity contribution in [2.24, 2.45) is 11.8 Å². The number of benzene rings is 1. The second kappa shape index (κ2) is 5.45. The van der Waals surface area contributed by atoms with Crippen molar-refractivity contribution in [3.05, 3.63) is 35.6 Å². The summed E-state index contributed by atoms with van der Waals surface area (Å²) >= 11 is 0. The van der Waals surface area contributed by atoms with Crippen LogP contribution in [0.4, 0.5) is 4.39 Å². The van der Waals surface area contributed by atoms with Crippen LogP contribution in [0.15, 0.2) is 24.3 Å². The molecule has 1 aliphatic carbocycles. The van der Waals surface area contributed by atoms with Crippen LogP contribution in [0.3, 0.4) is 0 Å². The molecule has 2 unspecified atom stereocenters. The maximum atomic E-state index is 13.0. The van der Waals surface area contributed by atoms with Gasteiger partial charge in [-0.25, -0.2) is 12.8 Å². The predicted octanol–water partition coefficient (Wildman–Crippen LogP) is 2.30. The van der Waals surface area contributed by atoms with Gasteiger partial charge in [-0.1, -0.05) is 12.1 Å². The average molecular weight is 297 g/mol. The molecule has 0 bridgehead atoms. The first-order valence-corrected chi connectivity index (χ1v) is 9.05. The lowest BCUT2D eigenvalue weighted by Crippen LogP contribution is -2.29. The monoisotopic (exact) mass is 297 g/mol. The third-order valence-electron chi connectivity index (χ3n) is 4.28. The van der Waals surface area contributed by atoms with Gasteiger partial charge in [0.1, 0.15) is 5.82 Å². The lowest BCUT2D eigenvalue weighted by molar-refractivity contribution is 0.427. The minimum atomic E-state index is -2.81. The van der Waals surface area contributed by atoms with Gasteiger partial charge in [-0.3, -0.25) is 0 Å². The molecule has 2 fully saturated rings. The largest absolute Gasteiger partial charge is 0.309 e. The lowest BCUT2D eigenvalue weighted by Gasteiger charge is -2.21. The van der Waals surface area contributed by atoms with Crippen molar-refractivity contribution in [1.29, 1.82) is 0 Å². The fourth-order valence-corrected chi connectivity index (χ4v) is 4.84. The van der Waals surface area contributed by atoms with Crippen molar-refractivity contribution < 1.29 is 12.8 Å². The Morgan fingerprint density at radius 3 is 2.45 bits per heavy atom. The molecule has 1 saturated heterocycles. The van der Waals surface area contributed by atoms with Gasteiger partial charge < -0.3 is 5.32 Å². The van der Waals surface area contributed by atoms with Crippen LogP contribution in [0.5, 0.6) is 0 Å². The Hall–Kier alpha value is -0.940. The van der Waals surface area contributed by atoms with Crippen molar-refractivity contribution in [1.82, 2.24) is 5.32 Å². The van der Waals surface area contributed by atoms with Gasteiger partial charge in [0, 0.05) is 6.04 Å². The van der Waals surface area contributed by atoms with E-state index in [1.54, 1.807) is 0 Å². The molecule has 0 aromatic heterocycles. The van der Waals surface area contributed by atoms with E-state index >= 15 is 0 Å². The maximum absolute atomic E-state index is 13.0. The highest BCUT2D eigenvalue weighted by molar-refractivity contribution is 7.91. The molecule has 5 heteroatoms. The van der Waals surface area contributed by atoms with Gasteiger partial charge in [0.05, 0.1) is 11.5 Å². The van der Waals surface area contributed by atoms with Gasteiger partial charge >= 0.3 is 0 Å². The zero-order valence-electron chi connectivity index (χ0n) is 11.4. The predicted molar refractivity (Wildman–Crippen MR) is 76.6 cm³/mol. The summed E-state index contributed by atoms with van der Waals surface area (Å²) in [6.07, 6.45) is 3.14. The normalized spacial score (nSPS) is 26.6. The first kappa shape index (κ1) is 14.0. The second-order valence-corrected chi connectivity index (χ2v) is 8.27. The number of rotatable bonds is 5. The first-order chi connectivity index (χ1) is 9.53. The fraction of sp³-hybridized carbons (Fsp3) is 0.600. The van der Waals surface area contributed by atoms with Crippen LogP contribution in [0.2, 0.25) is 0 Å². The first-order valence-electron chi connectivity index (χ1n) is 7.23. The van der Waals surface area contributed by atoms with E-state index in [0.29, 0.717) is 17.4 Å². The molecule has 0 radical (unpaired) electrons. The van der Waals surface area contributed by atoms with E-state index in [-0.39, 0.29) is 17.8 Å². The Morgan fingerprint density at radius 1 is 1.20 bits per heavy atom. The minimum absolute atomic E-state index is 0.217. The molecule has 2 atom stereocenters. The molecule has 3 rings (SSSR count). The molecule has 1 aromatic rings. The van der Waals surface area contributed by atoms with Crippen molar-refractivity contribution in [3.63, 3.8) is 0 Å². The van der Waals surface area contributed by atoms with E-state index in [9.17, 15) is 12.8 Å². The van der Waals surface area contributed by atoms with Gasteiger partial charge in [-0.15, -0.1) is 0 Å². The topological polar surface area (TPSA) is 46.2 Å². The van der Waals surface area contributed by atoms with Gasteiger partial charge in [-0.2, -0.15) is 0 Å². The van der Waals surface area contributed by atoms with Crippen LogP contribution in [-0.2, 0) is 9.84 Å². The quantitative estimate of drug-likeness (QED) is 0.907. The summed E-state index contributed by atoms with van der Waals surface area (Å²) in [5, 5.41) is 3.51. The van der Waals surface area contributed by atoms with Crippen molar-refractivity contribution in [2.45, 2.75) is 25.3 Å². The maximum Gasteiger partial charge on any atom is 0.150 e. The number of sulfone groups is 1. The summed E-state index contributed by atoms with van der Waals surface area (Å²) in [6, 6.07) is 6.88. The number of nitrogens with one attached hydrogen (secondary N) is 1. The van der Waals surface area contributed by atoms with Crippen LogP contribution < -0.4 is 5.32 Å². The highest BCUT2D eigenvalue weighted by atomic mass is 32.2. The van der Waals surface area contributed by atoms with Gasteiger partial charge in [0.25, 0.3) is 0 Å². The molecule has 1 aliphatic heterocycles. The van der Waals surface area contributed by atoms with Gasteiger partial charge in [0.2, 0.25) is 0 Å². The third kappa shape index (κ3) is 3.38. The molecule has 1 aromatic carbocycles. The summed E-state index contributed by atoms with van der Waals surface area (Å²) in [7, 11) is -2.81. The second-order valence-electron chi connectivity index (χ2n) is 6.04. The van der Waals surface area contributed by atoms with E-state index in [1.807, 2.05) is 12.1 Å². The molecule has 0 amide bonds. The summed E-state index contributed by atoms with van der Waals surface area (Å²) in [6.45, 7) is 0.734. The zero-order chi connectivity index (χ0) is 14.2. The molecule has 3 nitrogen and oxygen atoms in total. The molecule has 1 N–H and O–H groups in total. The van der Waals surface area contributed by atoms with E-state index in [2.05, 4.69) is 5.32 Å². The lowest BCUT2D eigenvalue weighted by atomic mass is 10.0. The molecule has 0 spiro atoms. The molecule has 1 saturated carbocycles. The van der Waals surface area contributed by atoms with Crippen LogP contribution >= 0.6 is 0 Å². The van der Waals surface area contributed by atoms with Crippen LogP contribution in [-0.4, -0.2) is 26.5 Å².